The second-order valence-corrected chi connectivity index (χ2v) is 7.67. The van der Waals surface area contributed by atoms with E-state index in [0.717, 1.165) is 29.9 Å². The molecule has 2 nitrogen and oxygen atoms in total. The molecule has 1 aromatic heterocycles. The fraction of sp³-hybridized carbons (Fsp3) is 0. The van der Waals surface area contributed by atoms with E-state index in [-0.39, 0.29) is 0 Å². The van der Waals surface area contributed by atoms with Crippen LogP contribution in [0.3, 0.4) is 0 Å². The molecule has 0 amide bonds. The molecule has 3 rings (SSSR count). The van der Waals surface area contributed by atoms with Crippen LogP contribution in [0, 0.1) is 14.9 Å². The first-order chi connectivity index (χ1) is 11.2. The molecule has 0 bridgehead atoms. The molecule has 1 heterocycles. The van der Waals surface area contributed by atoms with Gasteiger partial charge in [0, 0.05) is 19.0 Å². The van der Waals surface area contributed by atoms with E-state index in [9.17, 15) is 5.26 Å². The molecule has 0 atom stereocenters. The van der Waals surface area contributed by atoms with Gasteiger partial charge in [0.1, 0.15) is 11.1 Å². The van der Waals surface area contributed by atoms with Gasteiger partial charge in [0.25, 0.3) is 0 Å². The van der Waals surface area contributed by atoms with Gasteiger partial charge < -0.3 is 0 Å². The third-order valence-electron chi connectivity index (χ3n) is 3.20. The van der Waals surface area contributed by atoms with Crippen molar-refractivity contribution in [3.05, 3.63) is 72.5 Å². The number of hydrogen-bond donors (Lipinski definition) is 0. The van der Waals surface area contributed by atoms with Gasteiger partial charge in [0.05, 0.1) is 11.3 Å². The lowest BCUT2D eigenvalue weighted by Crippen LogP contribution is -1.84. The SMILES string of the molecule is N#C/C(=C\c1ccccc1I)c1nc(-c2ccc(Br)cc2)cs1. The van der Waals surface area contributed by atoms with Crippen LogP contribution in [0.5, 0.6) is 0 Å². The van der Waals surface area contributed by atoms with E-state index in [1.54, 1.807) is 0 Å². The zero-order valence-corrected chi connectivity index (χ0v) is 16.4. The van der Waals surface area contributed by atoms with Crippen LogP contribution >= 0.6 is 49.9 Å². The predicted octanol–water partition coefficient (Wildman–Crippen LogP) is 6.24. The van der Waals surface area contributed by atoms with E-state index in [1.807, 2.05) is 60.0 Å². The van der Waals surface area contributed by atoms with Crippen LogP contribution < -0.4 is 0 Å². The molecule has 0 aliphatic rings. The van der Waals surface area contributed by atoms with Crippen LogP contribution in [0.1, 0.15) is 10.6 Å². The first-order valence-corrected chi connectivity index (χ1v) is 9.50. The smallest absolute Gasteiger partial charge is 0.134 e. The maximum atomic E-state index is 9.49. The minimum atomic E-state index is 0.586. The fourth-order valence-corrected chi connectivity index (χ4v) is 3.64. The van der Waals surface area contributed by atoms with Gasteiger partial charge in [0.2, 0.25) is 0 Å². The number of rotatable bonds is 3. The summed E-state index contributed by atoms with van der Waals surface area (Å²) in [7, 11) is 0. The van der Waals surface area contributed by atoms with Crippen LogP contribution in [0.4, 0.5) is 0 Å². The summed E-state index contributed by atoms with van der Waals surface area (Å²) in [5.41, 5.74) is 3.55. The number of benzene rings is 2. The summed E-state index contributed by atoms with van der Waals surface area (Å²) >= 11 is 7.19. The van der Waals surface area contributed by atoms with Gasteiger partial charge in [-0.2, -0.15) is 5.26 Å². The van der Waals surface area contributed by atoms with E-state index >= 15 is 0 Å². The predicted molar refractivity (Wildman–Crippen MR) is 108 cm³/mol. The summed E-state index contributed by atoms with van der Waals surface area (Å²) in [6.45, 7) is 0. The highest BCUT2D eigenvalue weighted by Gasteiger charge is 2.09. The number of nitrogens with zero attached hydrogens (tertiary/aromatic N) is 2. The van der Waals surface area contributed by atoms with Crippen molar-refractivity contribution < 1.29 is 0 Å². The number of aromatic nitrogens is 1. The van der Waals surface area contributed by atoms with Gasteiger partial charge in [-0.3, -0.25) is 0 Å². The number of halogens is 2. The summed E-state index contributed by atoms with van der Waals surface area (Å²) in [6, 6.07) is 18.3. The molecule has 112 valence electrons. The molecule has 5 heteroatoms. The summed E-state index contributed by atoms with van der Waals surface area (Å²) in [5.74, 6) is 0. The maximum Gasteiger partial charge on any atom is 0.134 e. The largest absolute Gasteiger partial charge is 0.235 e. The Labute approximate surface area is 160 Å². The lowest BCUT2D eigenvalue weighted by Gasteiger charge is -1.99. The molecule has 2 aromatic carbocycles. The monoisotopic (exact) mass is 492 g/mol. The second-order valence-electron chi connectivity index (χ2n) is 4.74. The van der Waals surface area contributed by atoms with Crippen molar-refractivity contribution in [2.75, 3.05) is 0 Å². The first-order valence-electron chi connectivity index (χ1n) is 6.75. The summed E-state index contributed by atoms with van der Waals surface area (Å²) in [6.07, 6.45) is 1.89. The van der Waals surface area contributed by atoms with Gasteiger partial charge in [-0.05, 0) is 52.4 Å². The van der Waals surface area contributed by atoms with Crippen LogP contribution in [0.2, 0.25) is 0 Å². The third kappa shape index (κ3) is 3.89. The molecule has 0 unspecified atom stereocenters. The highest BCUT2D eigenvalue weighted by Crippen LogP contribution is 2.28. The van der Waals surface area contributed by atoms with E-state index in [0.29, 0.717) is 5.57 Å². The Bertz CT molecular complexity index is 907. The van der Waals surface area contributed by atoms with Crippen molar-refractivity contribution in [1.82, 2.24) is 4.98 Å². The Morgan fingerprint density at radius 3 is 2.61 bits per heavy atom. The number of allylic oxidation sites excluding steroid dienone is 1. The molecular weight excluding hydrogens is 483 g/mol. The topological polar surface area (TPSA) is 36.7 Å². The molecule has 23 heavy (non-hydrogen) atoms. The molecule has 0 saturated heterocycles. The molecular formula is C18H10BrIN2S. The minimum absolute atomic E-state index is 0.586. The third-order valence-corrected chi connectivity index (χ3v) is 5.59. The Kier molecular flexibility index (Phi) is 5.26. The van der Waals surface area contributed by atoms with Crippen molar-refractivity contribution in [2.24, 2.45) is 0 Å². The van der Waals surface area contributed by atoms with Crippen LogP contribution in [0.15, 0.2) is 58.4 Å². The standard InChI is InChI=1S/C18H10BrIN2S/c19-15-7-5-12(6-8-15)17-11-23-18(22-17)14(10-21)9-13-3-1-2-4-16(13)20/h1-9,11H/b14-9+. The number of hydrogen-bond acceptors (Lipinski definition) is 3. The van der Waals surface area contributed by atoms with Crippen LogP contribution in [0.25, 0.3) is 22.9 Å². The van der Waals surface area contributed by atoms with Gasteiger partial charge >= 0.3 is 0 Å². The van der Waals surface area contributed by atoms with Crippen molar-refractivity contribution in [1.29, 1.82) is 5.26 Å². The second kappa shape index (κ2) is 7.39. The lowest BCUT2D eigenvalue weighted by atomic mass is 10.1. The molecule has 0 aliphatic heterocycles. The van der Waals surface area contributed by atoms with Crippen molar-refractivity contribution in [2.45, 2.75) is 0 Å². The van der Waals surface area contributed by atoms with Crippen molar-refractivity contribution >= 4 is 61.5 Å². The van der Waals surface area contributed by atoms with Gasteiger partial charge in [0.15, 0.2) is 0 Å². The zero-order valence-electron chi connectivity index (χ0n) is 11.8. The molecule has 0 saturated carbocycles. The van der Waals surface area contributed by atoms with Crippen molar-refractivity contribution in [3.63, 3.8) is 0 Å². The normalized spacial score (nSPS) is 11.3. The lowest BCUT2D eigenvalue weighted by molar-refractivity contribution is 1.37. The van der Waals surface area contributed by atoms with Crippen molar-refractivity contribution in [3.8, 4) is 17.3 Å². The van der Waals surface area contributed by atoms with E-state index in [1.165, 1.54) is 11.3 Å². The highest BCUT2D eigenvalue weighted by molar-refractivity contribution is 14.1. The average Bonchev–Trinajstić information content (AvgIpc) is 3.04. The average molecular weight is 493 g/mol. The zero-order chi connectivity index (χ0) is 16.2. The maximum absolute atomic E-state index is 9.49. The minimum Gasteiger partial charge on any atom is -0.235 e. The quantitative estimate of drug-likeness (QED) is 0.320. The van der Waals surface area contributed by atoms with Gasteiger partial charge in [-0.1, -0.05) is 46.3 Å². The molecule has 0 fully saturated rings. The number of thiazole rings is 1. The Morgan fingerprint density at radius 1 is 1.17 bits per heavy atom. The van der Waals surface area contributed by atoms with Gasteiger partial charge in [-0.25, -0.2) is 4.98 Å². The van der Waals surface area contributed by atoms with Gasteiger partial charge in [-0.15, -0.1) is 11.3 Å². The van der Waals surface area contributed by atoms with E-state index in [4.69, 9.17) is 0 Å². The van der Waals surface area contributed by atoms with Crippen LogP contribution in [-0.2, 0) is 0 Å². The van der Waals surface area contributed by atoms with Crippen LogP contribution in [-0.4, -0.2) is 4.98 Å². The molecule has 0 radical (unpaired) electrons. The Morgan fingerprint density at radius 2 is 1.91 bits per heavy atom. The molecule has 0 aliphatic carbocycles. The highest BCUT2D eigenvalue weighted by atomic mass is 127. The number of nitriles is 1. The Hall–Kier alpha value is -1.49. The van der Waals surface area contributed by atoms with E-state index < -0.39 is 0 Å². The molecule has 0 spiro atoms. The summed E-state index contributed by atoms with van der Waals surface area (Å²) < 4.78 is 2.15. The summed E-state index contributed by atoms with van der Waals surface area (Å²) in [4.78, 5) is 4.62. The molecule has 3 aromatic rings. The summed E-state index contributed by atoms with van der Waals surface area (Å²) in [5, 5.41) is 12.2. The fourth-order valence-electron chi connectivity index (χ4n) is 2.04. The first kappa shape index (κ1) is 16.4. The van der Waals surface area contributed by atoms with E-state index in [2.05, 4.69) is 49.6 Å². The Balaban J connectivity index is 1.96. The molecule has 0 N–H and O–H groups in total.